The number of hydrogen-bond donors (Lipinski definition) is 0. The van der Waals surface area contributed by atoms with E-state index in [9.17, 15) is 4.79 Å². The number of halogens is 1. The predicted octanol–water partition coefficient (Wildman–Crippen LogP) is 3.48. The molecule has 0 aromatic heterocycles. The molecular weight excluding hydrogens is 196 g/mol. The van der Waals surface area contributed by atoms with Crippen LogP contribution in [0.5, 0.6) is 0 Å². The Labute approximate surface area is 88.4 Å². The highest BCUT2D eigenvalue weighted by atomic mass is 35.5. The number of rotatable bonds is 1. The molecule has 0 radical (unpaired) electrons. The van der Waals surface area contributed by atoms with E-state index in [1.54, 1.807) is 0 Å². The zero-order valence-corrected chi connectivity index (χ0v) is 8.55. The van der Waals surface area contributed by atoms with Crippen molar-refractivity contribution in [2.45, 2.75) is 19.3 Å². The third kappa shape index (κ3) is 2.05. The number of ketones is 1. The van der Waals surface area contributed by atoms with Gasteiger partial charge in [-0.3, -0.25) is 4.79 Å². The quantitative estimate of drug-likeness (QED) is 0.643. The third-order valence-corrected chi connectivity index (χ3v) is 2.67. The lowest BCUT2D eigenvalue weighted by molar-refractivity contribution is -0.114. The number of carbonyl (C=O) groups excluding carboxylic acids is 1. The zero-order chi connectivity index (χ0) is 9.97. The molecule has 14 heavy (non-hydrogen) atoms. The Morgan fingerprint density at radius 1 is 1.14 bits per heavy atom. The summed E-state index contributed by atoms with van der Waals surface area (Å²) in [5, 5.41) is 0.727. The van der Waals surface area contributed by atoms with Crippen LogP contribution in [0.3, 0.4) is 0 Å². The summed E-state index contributed by atoms with van der Waals surface area (Å²) >= 11 is 5.77. The second-order valence-electron chi connectivity index (χ2n) is 3.50. The minimum absolute atomic E-state index is 0.292. The van der Waals surface area contributed by atoms with E-state index in [1.165, 1.54) is 0 Å². The number of benzene rings is 1. The van der Waals surface area contributed by atoms with Crippen molar-refractivity contribution in [1.82, 2.24) is 0 Å². The lowest BCUT2D eigenvalue weighted by atomic mass is 10.1. The molecule has 2 rings (SSSR count). The summed E-state index contributed by atoms with van der Waals surface area (Å²) in [5.41, 5.74) is 2.01. The summed E-state index contributed by atoms with van der Waals surface area (Å²) in [6.07, 6.45) is 4.59. The highest BCUT2D eigenvalue weighted by molar-refractivity contribution is 6.30. The van der Waals surface area contributed by atoms with Gasteiger partial charge in [0.1, 0.15) is 0 Å². The summed E-state index contributed by atoms with van der Waals surface area (Å²) in [5.74, 6) is 0.292. The molecule has 1 aromatic carbocycles. The van der Waals surface area contributed by atoms with E-state index in [4.69, 9.17) is 11.6 Å². The fraction of sp³-hybridized carbons (Fsp3) is 0.250. The summed E-state index contributed by atoms with van der Waals surface area (Å²) < 4.78 is 0. The van der Waals surface area contributed by atoms with Gasteiger partial charge in [-0.15, -0.1) is 0 Å². The van der Waals surface area contributed by atoms with Gasteiger partial charge in [0, 0.05) is 11.4 Å². The van der Waals surface area contributed by atoms with E-state index in [2.05, 4.69) is 0 Å². The molecule has 2 heteroatoms. The molecule has 0 amide bonds. The number of hydrogen-bond acceptors (Lipinski definition) is 1. The van der Waals surface area contributed by atoms with Gasteiger partial charge in [-0.25, -0.2) is 0 Å². The van der Waals surface area contributed by atoms with E-state index in [-0.39, 0.29) is 0 Å². The van der Waals surface area contributed by atoms with Crippen LogP contribution in [-0.2, 0) is 4.79 Å². The standard InChI is InChI=1S/C12H11ClO/c13-11-6-4-9(5-7-11)8-10-2-1-3-12(10)14/h4-8H,1-3H2/b10-8-. The molecule has 72 valence electrons. The normalized spacial score (nSPS) is 19.2. The highest BCUT2D eigenvalue weighted by Gasteiger charge is 2.16. The summed E-state index contributed by atoms with van der Waals surface area (Å²) in [6, 6.07) is 7.54. The monoisotopic (exact) mass is 206 g/mol. The lowest BCUT2D eigenvalue weighted by Crippen LogP contribution is -1.90. The van der Waals surface area contributed by atoms with Crippen molar-refractivity contribution < 1.29 is 4.79 Å². The van der Waals surface area contributed by atoms with Crippen LogP contribution in [0.2, 0.25) is 5.02 Å². The average Bonchev–Trinajstić information content (AvgIpc) is 2.56. The van der Waals surface area contributed by atoms with Crippen molar-refractivity contribution in [2.75, 3.05) is 0 Å². The van der Waals surface area contributed by atoms with Crippen molar-refractivity contribution in [3.8, 4) is 0 Å². The lowest BCUT2D eigenvalue weighted by Gasteiger charge is -1.96. The van der Waals surface area contributed by atoms with Crippen molar-refractivity contribution in [3.63, 3.8) is 0 Å². The van der Waals surface area contributed by atoms with Gasteiger partial charge in [0.05, 0.1) is 0 Å². The van der Waals surface area contributed by atoms with Crippen LogP contribution in [0.15, 0.2) is 29.8 Å². The smallest absolute Gasteiger partial charge is 0.158 e. The average molecular weight is 207 g/mol. The SMILES string of the molecule is O=C1CCC/C1=C/c1ccc(Cl)cc1. The van der Waals surface area contributed by atoms with Crippen LogP contribution in [-0.4, -0.2) is 5.78 Å². The molecule has 1 fully saturated rings. The first kappa shape index (κ1) is 9.47. The molecule has 1 aliphatic rings. The molecule has 1 nitrogen and oxygen atoms in total. The first-order valence-electron chi connectivity index (χ1n) is 4.75. The van der Waals surface area contributed by atoms with Crippen LogP contribution in [0.4, 0.5) is 0 Å². The Balaban J connectivity index is 2.24. The Morgan fingerprint density at radius 2 is 1.86 bits per heavy atom. The van der Waals surface area contributed by atoms with Crippen LogP contribution < -0.4 is 0 Å². The fourth-order valence-electron chi connectivity index (χ4n) is 1.65. The Hall–Kier alpha value is -1.08. The molecule has 0 unspecified atom stereocenters. The largest absolute Gasteiger partial charge is 0.295 e. The van der Waals surface area contributed by atoms with Gasteiger partial charge in [0.15, 0.2) is 5.78 Å². The van der Waals surface area contributed by atoms with E-state index < -0.39 is 0 Å². The summed E-state index contributed by atoms with van der Waals surface area (Å²) in [7, 11) is 0. The van der Waals surface area contributed by atoms with Gasteiger partial charge in [0.25, 0.3) is 0 Å². The molecule has 0 atom stereocenters. The van der Waals surface area contributed by atoms with Crippen molar-refractivity contribution in [1.29, 1.82) is 0 Å². The second-order valence-corrected chi connectivity index (χ2v) is 3.93. The maximum atomic E-state index is 11.4. The molecular formula is C12H11ClO. The molecule has 1 saturated carbocycles. The number of carbonyl (C=O) groups is 1. The molecule has 1 aliphatic carbocycles. The Morgan fingerprint density at radius 3 is 2.43 bits per heavy atom. The second kappa shape index (κ2) is 3.97. The summed E-state index contributed by atoms with van der Waals surface area (Å²) in [4.78, 5) is 11.4. The van der Waals surface area contributed by atoms with Crippen LogP contribution >= 0.6 is 11.6 Å². The molecule has 0 bridgehead atoms. The van der Waals surface area contributed by atoms with Gasteiger partial charge in [0.2, 0.25) is 0 Å². The van der Waals surface area contributed by atoms with Gasteiger partial charge < -0.3 is 0 Å². The van der Waals surface area contributed by atoms with Crippen molar-refractivity contribution >= 4 is 23.5 Å². The number of allylic oxidation sites excluding steroid dienone is 1. The highest BCUT2D eigenvalue weighted by Crippen LogP contribution is 2.23. The van der Waals surface area contributed by atoms with Crippen molar-refractivity contribution in [2.24, 2.45) is 0 Å². The molecule has 1 aromatic rings. The van der Waals surface area contributed by atoms with Gasteiger partial charge >= 0.3 is 0 Å². The minimum atomic E-state index is 0.292. The van der Waals surface area contributed by atoms with Crippen LogP contribution in [0.25, 0.3) is 6.08 Å². The molecule has 0 saturated heterocycles. The topological polar surface area (TPSA) is 17.1 Å². The first-order chi connectivity index (χ1) is 6.75. The van der Waals surface area contributed by atoms with Gasteiger partial charge in [-0.05, 0) is 42.2 Å². The van der Waals surface area contributed by atoms with E-state index in [0.717, 1.165) is 29.0 Å². The van der Waals surface area contributed by atoms with E-state index in [1.807, 2.05) is 30.3 Å². The van der Waals surface area contributed by atoms with Crippen LogP contribution in [0, 0.1) is 0 Å². The van der Waals surface area contributed by atoms with Gasteiger partial charge in [-0.2, -0.15) is 0 Å². The first-order valence-corrected chi connectivity index (χ1v) is 5.13. The molecule has 0 aliphatic heterocycles. The Kier molecular flexibility index (Phi) is 2.69. The fourth-order valence-corrected chi connectivity index (χ4v) is 1.78. The van der Waals surface area contributed by atoms with Crippen LogP contribution in [0.1, 0.15) is 24.8 Å². The molecule has 0 N–H and O–H groups in total. The van der Waals surface area contributed by atoms with Gasteiger partial charge in [-0.1, -0.05) is 23.7 Å². The Bertz CT molecular complexity index is 376. The van der Waals surface area contributed by atoms with Crippen molar-refractivity contribution in [3.05, 3.63) is 40.4 Å². The maximum absolute atomic E-state index is 11.4. The third-order valence-electron chi connectivity index (χ3n) is 2.42. The maximum Gasteiger partial charge on any atom is 0.158 e. The van der Waals surface area contributed by atoms with E-state index in [0.29, 0.717) is 12.2 Å². The zero-order valence-electron chi connectivity index (χ0n) is 7.79. The molecule has 0 spiro atoms. The predicted molar refractivity (Wildman–Crippen MR) is 58.3 cm³/mol. The molecule has 0 heterocycles. The minimum Gasteiger partial charge on any atom is -0.295 e. The number of Topliss-reactive ketones (excluding diaryl/α,β-unsaturated/α-hetero) is 1. The van der Waals surface area contributed by atoms with E-state index >= 15 is 0 Å². The summed E-state index contributed by atoms with van der Waals surface area (Å²) in [6.45, 7) is 0.